The van der Waals surface area contributed by atoms with E-state index in [2.05, 4.69) is 4.98 Å². The number of H-pyrrole nitrogens is 1. The molecular weight excluding hydrogens is 399 g/mol. The number of ketones is 1. The van der Waals surface area contributed by atoms with E-state index in [1.54, 1.807) is 27.7 Å². The van der Waals surface area contributed by atoms with Crippen molar-refractivity contribution in [1.29, 1.82) is 0 Å². The Kier molecular flexibility index (Phi) is 6.97. The Morgan fingerprint density at radius 3 is 2.28 bits per heavy atom. The van der Waals surface area contributed by atoms with Gasteiger partial charge in [-0.15, -0.1) is 0 Å². The van der Waals surface area contributed by atoms with Gasteiger partial charge in [0.1, 0.15) is 11.5 Å². The number of aryl methyl sites for hydroxylation is 1. The molecule has 0 aliphatic carbocycles. The number of hydrogen-bond donors (Lipinski definition) is 1. The summed E-state index contributed by atoms with van der Waals surface area (Å²) in [5.74, 6) is -1.58. The van der Waals surface area contributed by atoms with E-state index in [0.717, 1.165) is 28.6 Å². The quantitative estimate of drug-likeness (QED) is 0.518. The second kappa shape index (κ2) is 8.87. The average molecular weight is 424 g/mol. The molecule has 0 unspecified atom stereocenters. The standard InChI is InChI=1S/C20H25FN2O5S/c1-6-23(29(26,27)16-10-8-15(21)9-11-16)14(5)19(24)17-12(3)18(22-13(17)4)20(25)28-7-2/h8-11,14,22H,6-7H2,1-5H3/t14-/m0/s1. The molecule has 0 fully saturated rings. The van der Waals surface area contributed by atoms with Crippen molar-refractivity contribution in [3.8, 4) is 0 Å². The molecule has 0 aliphatic heterocycles. The summed E-state index contributed by atoms with van der Waals surface area (Å²) < 4.78 is 45.2. The van der Waals surface area contributed by atoms with Crippen molar-refractivity contribution in [3.63, 3.8) is 0 Å². The van der Waals surface area contributed by atoms with Gasteiger partial charge in [-0.1, -0.05) is 6.92 Å². The summed E-state index contributed by atoms with van der Waals surface area (Å²) in [7, 11) is -4.02. The van der Waals surface area contributed by atoms with Crippen LogP contribution in [0.2, 0.25) is 0 Å². The van der Waals surface area contributed by atoms with Crippen LogP contribution in [0.1, 0.15) is 52.9 Å². The summed E-state index contributed by atoms with van der Waals surface area (Å²) in [5, 5.41) is 0. The fraction of sp³-hybridized carbons (Fsp3) is 0.400. The van der Waals surface area contributed by atoms with E-state index in [0.29, 0.717) is 11.3 Å². The van der Waals surface area contributed by atoms with Crippen LogP contribution in [0, 0.1) is 19.7 Å². The van der Waals surface area contributed by atoms with Crippen LogP contribution in [0.4, 0.5) is 4.39 Å². The van der Waals surface area contributed by atoms with E-state index in [4.69, 9.17) is 4.74 Å². The Hall–Kier alpha value is -2.52. The molecule has 1 aromatic carbocycles. The molecule has 0 aliphatic rings. The molecular formula is C20H25FN2O5S. The van der Waals surface area contributed by atoms with Crippen molar-refractivity contribution in [1.82, 2.24) is 9.29 Å². The summed E-state index contributed by atoms with van der Waals surface area (Å²) in [4.78, 5) is 28.0. The van der Waals surface area contributed by atoms with Crippen molar-refractivity contribution < 1.29 is 27.1 Å². The number of rotatable bonds is 8. The van der Waals surface area contributed by atoms with Gasteiger partial charge in [-0.3, -0.25) is 4.79 Å². The number of nitrogens with one attached hydrogen (secondary N) is 1. The molecule has 0 amide bonds. The second-order valence-corrected chi connectivity index (χ2v) is 8.44. The first-order valence-electron chi connectivity index (χ1n) is 9.24. The maximum absolute atomic E-state index is 13.2. The number of carbonyl (C=O) groups is 2. The van der Waals surface area contributed by atoms with Gasteiger partial charge in [0.25, 0.3) is 0 Å². The summed E-state index contributed by atoms with van der Waals surface area (Å²) in [6.07, 6.45) is 0. The molecule has 1 N–H and O–H groups in total. The van der Waals surface area contributed by atoms with Gasteiger partial charge in [-0.05, 0) is 57.5 Å². The normalized spacial score (nSPS) is 12.8. The van der Waals surface area contributed by atoms with Crippen molar-refractivity contribution in [3.05, 3.63) is 52.6 Å². The van der Waals surface area contributed by atoms with Crippen LogP contribution in [-0.2, 0) is 14.8 Å². The van der Waals surface area contributed by atoms with E-state index >= 15 is 0 Å². The van der Waals surface area contributed by atoms with Gasteiger partial charge in [0, 0.05) is 17.8 Å². The largest absolute Gasteiger partial charge is 0.461 e. The molecule has 0 saturated heterocycles. The number of aromatic amines is 1. The van der Waals surface area contributed by atoms with Gasteiger partial charge in [0.2, 0.25) is 10.0 Å². The van der Waals surface area contributed by atoms with Gasteiger partial charge in [-0.25, -0.2) is 17.6 Å². The number of halogens is 1. The molecule has 1 heterocycles. The lowest BCUT2D eigenvalue weighted by molar-refractivity contribution is 0.0519. The minimum Gasteiger partial charge on any atom is -0.461 e. The number of esters is 1. The van der Waals surface area contributed by atoms with Gasteiger partial charge in [0.05, 0.1) is 17.5 Å². The lowest BCUT2D eigenvalue weighted by Crippen LogP contribution is -2.43. The zero-order chi connectivity index (χ0) is 21.9. The maximum Gasteiger partial charge on any atom is 0.355 e. The van der Waals surface area contributed by atoms with Crippen molar-refractivity contribution in [2.75, 3.05) is 13.2 Å². The van der Waals surface area contributed by atoms with Crippen LogP contribution in [0.15, 0.2) is 29.2 Å². The zero-order valence-corrected chi connectivity index (χ0v) is 17.9. The molecule has 7 nitrogen and oxygen atoms in total. The minimum absolute atomic E-state index is 0.0415. The smallest absolute Gasteiger partial charge is 0.355 e. The summed E-state index contributed by atoms with van der Waals surface area (Å²) in [6, 6.07) is 3.41. The van der Waals surface area contributed by atoms with E-state index in [9.17, 15) is 22.4 Å². The first-order chi connectivity index (χ1) is 13.6. The molecule has 9 heteroatoms. The minimum atomic E-state index is -4.02. The highest BCUT2D eigenvalue weighted by molar-refractivity contribution is 7.89. The molecule has 158 valence electrons. The predicted molar refractivity (Wildman–Crippen MR) is 106 cm³/mol. The number of Topliss-reactive ketones (excluding diaryl/α,β-unsaturated/α-hetero) is 1. The highest BCUT2D eigenvalue weighted by Crippen LogP contribution is 2.25. The highest BCUT2D eigenvalue weighted by Gasteiger charge is 2.34. The van der Waals surface area contributed by atoms with E-state index in [1.807, 2.05) is 0 Å². The fourth-order valence-corrected chi connectivity index (χ4v) is 4.86. The summed E-state index contributed by atoms with van der Waals surface area (Å²) >= 11 is 0. The third-order valence-electron chi connectivity index (χ3n) is 4.71. The molecule has 1 aromatic heterocycles. The van der Waals surface area contributed by atoms with Crippen LogP contribution in [0.3, 0.4) is 0 Å². The number of sulfonamides is 1. The average Bonchev–Trinajstić information content (AvgIpc) is 2.96. The second-order valence-electron chi connectivity index (χ2n) is 6.55. The molecule has 0 saturated carbocycles. The molecule has 0 spiro atoms. The topological polar surface area (TPSA) is 96.5 Å². The molecule has 29 heavy (non-hydrogen) atoms. The Balaban J connectivity index is 2.42. The van der Waals surface area contributed by atoms with Gasteiger partial charge in [0.15, 0.2) is 5.78 Å². The fourth-order valence-electron chi connectivity index (χ4n) is 3.26. The molecule has 0 bridgehead atoms. The van der Waals surface area contributed by atoms with Crippen LogP contribution in [-0.4, -0.2) is 48.7 Å². The number of carbonyl (C=O) groups excluding carboxylic acids is 2. The monoisotopic (exact) mass is 424 g/mol. The van der Waals surface area contributed by atoms with Crippen molar-refractivity contribution >= 4 is 21.8 Å². The number of benzene rings is 1. The third kappa shape index (κ3) is 4.40. The third-order valence-corrected chi connectivity index (χ3v) is 6.77. The maximum atomic E-state index is 13.2. The number of nitrogens with zero attached hydrogens (tertiary/aromatic N) is 1. The van der Waals surface area contributed by atoms with Gasteiger partial charge in [-0.2, -0.15) is 4.31 Å². The van der Waals surface area contributed by atoms with E-state index < -0.39 is 33.6 Å². The zero-order valence-electron chi connectivity index (χ0n) is 17.1. The summed E-state index contributed by atoms with van der Waals surface area (Å²) in [5.41, 5.74) is 1.29. The number of ether oxygens (including phenoxy) is 1. The highest BCUT2D eigenvalue weighted by atomic mass is 32.2. The molecule has 2 aromatic rings. The first kappa shape index (κ1) is 22.8. The van der Waals surface area contributed by atoms with Crippen LogP contribution in [0.25, 0.3) is 0 Å². The number of hydrogen-bond acceptors (Lipinski definition) is 5. The lowest BCUT2D eigenvalue weighted by atomic mass is 10.0. The molecule has 0 radical (unpaired) electrons. The Labute approximate surface area is 169 Å². The van der Waals surface area contributed by atoms with E-state index in [1.165, 1.54) is 6.92 Å². The van der Waals surface area contributed by atoms with Gasteiger partial charge >= 0.3 is 5.97 Å². The van der Waals surface area contributed by atoms with Crippen LogP contribution in [0.5, 0.6) is 0 Å². The number of aromatic nitrogens is 1. The Morgan fingerprint density at radius 1 is 1.17 bits per heavy atom. The van der Waals surface area contributed by atoms with Crippen LogP contribution < -0.4 is 0 Å². The predicted octanol–water partition coefficient (Wildman–Crippen LogP) is 3.23. The Morgan fingerprint density at radius 2 is 1.76 bits per heavy atom. The SMILES string of the molecule is CCOC(=O)c1[nH]c(C)c(C(=O)[C@H](C)N(CC)S(=O)(=O)c2ccc(F)cc2)c1C. The summed E-state index contributed by atoms with van der Waals surface area (Å²) in [6.45, 7) is 8.27. The van der Waals surface area contributed by atoms with Crippen molar-refractivity contribution in [2.45, 2.75) is 45.6 Å². The Bertz CT molecular complexity index is 1010. The van der Waals surface area contributed by atoms with E-state index in [-0.39, 0.29) is 29.3 Å². The van der Waals surface area contributed by atoms with Crippen LogP contribution >= 0.6 is 0 Å². The lowest BCUT2D eigenvalue weighted by Gasteiger charge is -2.26. The first-order valence-corrected chi connectivity index (χ1v) is 10.7. The van der Waals surface area contributed by atoms with Gasteiger partial charge < -0.3 is 9.72 Å². The number of likely N-dealkylation sites (N-methyl/N-ethyl adjacent to an activating group) is 1. The molecule has 2 rings (SSSR count). The molecule has 1 atom stereocenters. The van der Waals surface area contributed by atoms with Crippen molar-refractivity contribution in [2.24, 2.45) is 0 Å².